The third-order valence-electron chi connectivity index (χ3n) is 2.97. The largest absolute Gasteiger partial charge is 0.329 e. The van der Waals surface area contributed by atoms with Crippen LogP contribution in [0.15, 0.2) is 39.9 Å². The predicted molar refractivity (Wildman–Crippen MR) is 76.0 cm³/mol. The maximum Gasteiger partial charge on any atom is 0.329 e. The number of aromatic amines is 1. The van der Waals surface area contributed by atoms with E-state index >= 15 is 0 Å². The van der Waals surface area contributed by atoms with Crippen molar-refractivity contribution < 1.29 is 0 Å². The minimum absolute atomic E-state index is 0.0569. The minimum Gasteiger partial charge on any atom is -0.298 e. The van der Waals surface area contributed by atoms with Crippen molar-refractivity contribution in [2.45, 2.75) is 26.3 Å². The Labute approximate surface area is 115 Å². The molecule has 2 aromatic rings. The summed E-state index contributed by atoms with van der Waals surface area (Å²) in [7, 11) is 0. The van der Waals surface area contributed by atoms with E-state index in [0.717, 1.165) is 10.1 Å². The number of nitrogens with one attached hydrogen (secondary N) is 1. The van der Waals surface area contributed by atoms with Crippen LogP contribution in [0.3, 0.4) is 0 Å². The van der Waals surface area contributed by atoms with Crippen molar-refractivity contribution >= 4 is 11.6 Å². The van der Waals surface area contributed by atoms with Gasteiger partial charge in [0.2, 0.25) is 0 Å². The van der Waals surface area contributed by atoms with Crippen LogP contribution in [0.4, 0.5) is 0 Å². The lowest BCUT2D eigenvalue weighted by atomic mass is 10.0. The Morgan fingerprint density at radius 3 is 2.37 bits per heavy atom. The van der Waals surface area contributed by atoms with Crippen molar-refractivity contribution in [3.05, 3.63) is 67.4 Å². The third kappa shape index (κ3) is 3.15. The molecule has 1 N–H and O–H groups in total. The lowest BCUT2D eigenvalue weighted by Gasteiger charge is -2.08. The van der Waals surface area contributed by atoms with Crippen LogP contribution >= 0.6 is 11.6 Å². The number of benzene rings is 1. The summed E-state index contributed by atoms with van der Waals surface area (Å²) < 4.78 is 1.12. The maximum absolute atomic E-state index is 11.7. The summed E-state index contributed by atoms with van der Waals surface area (Å²) in [5, 5.41) is 0.0569. The number of hydrogen-bond acceptors (Lipinski definition) is 2. The number of hydrogen-bond donors (Lipinski definition) is 1. The minimum atomic E-state index is -0.495. The molecule has 19 heavy (non-hydrogen) atoms. The molecule has 1 heterocycles. The maximum atomic E-state index is 11.7. The first kappa shape index (κ1) is 13.6. The molecular formula is C14H15ClN2O2. The first-order valence-corrected chi connectivity index (χ1v) is 6.43. The molecule has 100 valence electrons. The van der Waals surface area contributed by atoms with Crippen LogP contribution in [0, 0.1) is 0 Å². The van der Waals surface area contributed by atoms with Gasteiger partial charge in [0.25, 0.3) is 5.56 Å². The van der Waals surface area contributed by atoms with Gasteiger partial charge in [-0.15, -0.1) is 0 Å². The first-order valence-electron chi connectivity index (χ1n) is 6.06. The lowest BCUT2D eigenvalue weighted by molar-refractivity contribution is 0.698. The summed E-state index contributed by atoms with van der Waals surface area (Å²) in [6.45, 7) is 4.47. The van der Waals surface area contributed by atoms with Crippen molar-refractivity contribution in [2.75, 3.05) is 0 Å². The zero-order valence-electron chi connectivity index (χ0n) is 10.8. The van der Waals surface area contributed by atoms with Crippen molar-refractivity contribution in [1.29, 1.82) is 0 Å². The quantitative estimate of drug-likeness (QED) is 0.877. The van der Waals surface area contributed by atoms with E-state index < -0.39 is 11.2 Å². The van der Waals surface area contributed by atoms with Gasteiger partial charge in [-0.3, -0.25) is 14.3 Å². The van der Waals surface area contributed by atoms with Crippen LogP contribution in [0.25, 0.3) is 0 Å². The van der Waals surface area contributed by atoms with Crippen LogP contribution in [-0.4, -0.2) is 9.55 Å². The monoisotopic (exact) mass is 278 g/mol. The summed E-state index contributed by atoms with van der Waals surface area (Å²) in [5.41, 5.74) is 1.23. The van der Waals surface area contributed by atoms with Crippen LogP contribution in [0.2, 0.25) is 5.15 Å². The van der Waals surface area contributed by atoms with Crippen molar-refractivity contribution in [3.63, 3.8) is 0 Å². The summed E-state index contributed by atoms with van der Waals surface area (Å²) in [6, 6.07) is 9.07. The Bertz CT molecular complexity index is 653. The average molecular weight is 279 g/mol. The van der Waals surface area contributed by atoms with Gasteiger partial charge in [0, 0.05) is 6.07 Å². The van der Waals surface area contributed by atoms with Crippen LogP contribution < -0.4 is 11.2 Å². The molecule has 1 aromatic carbocycles. The van der Waals surface area contributed by atoms with E-state index in [9.17, 15) is 9.59 Å². The highest BCUT2D eigenvalue weighted by Gasteiger charge is 2.05. The molecule has 2 rings (SSSR count). The predicted octanol–water partition coefficient (Wildman–Crippen LogP) is 2.36. The molecule has 5 heteroatoms. The molecule has 0 bridgehead atoms. The Hall–Kier alpha value is -1.81. The molecule has 0 amide bonds. The zero-order valence-corrected chi connectivity index (χ0v) is 11.6. The normalized spacial score (nSPS) is 10.9. The van der Waals surface area contributed by atoms with E-state index in [-0.39, 0.29) is 11.7 Å². The van der Waals surface area contributed by atoms with E-state index in [1.807, 2.05) is 24.3 Å². The molecule has 1 aromatic heterocycles. The summed E-state index contributed by atoms with van der Waals surface area (Å²) in [5.74, 6) is 0.454. The molecule has 0 atom stereocenters. The molecule has 0 saturated carbocycles. The third-order valence-corrected chi connectivity index (χ3v) is 3.18. The molecule has 0 aliphatic heterocycles. The van der Waals surface area contributed by atoms with Crippen molar-refractivity contribution in [3.8, 4) is 0 Å². The second-order valence-electron chi connectivity index (χ2n) is 4.74. The highest BCUT2D eigenvalue weighted by Crippen LogP contribution is 2.14. The zero-order chi connectivity index (χ0) is 14.0. The van der Waals surface area contributed by atoms with E-state index in [0.29, 0.717) is 5.92 Å². The molecule has 0 fully saturated rings. The second kappa shape index (κ2) is 5.45. The fourth-order valence-electron chi connectivity index (χ4n) is 1.83. The van der Waals surface area contributed by atoms with Gasteiger partial charge in [0.1, 0.15) is 5.15 Å². The van der Waals surface area contributed by atoms with Gasteiger partial charge >= 0.3 is 5.69 Å². The number of aromatic nitrogens is 2. The second-order valence-corrected chi connectivity index (χ2v) is 5.15. The SMILES string of the molecule is CC(C)c1ccc(Cn2c(=O)cc(Cl)[nH]c2=O)cc1. The Balaban J connectivity index is 2.32. The lowest BCUT2D eigenvalue weighted by Crippen LogP contribution is -2.34. The van der Waals surface area contributed by atoms with Crippen LogP contribution in [-0.2, 0) is 6.54 Å². The fourth-order valence-corrected chi connectivity index (χ4v) is 2.01. The number of nitrogens with zero attached hydrogens (tertiary/aromatic N) is 1. The van der Waals surface area contributed by atoms with Gasteiger partial charge in [0.05, 0.1) is 6.54 Å². The molecule has 0 radical (unpaired) electrons. The van der Waals surface area contributed by atoms with Gasteiger partial charge in [-0.05, 0) is 17.0 Å². The summed E-state index contributed by atoms with van der Waals surface area (Å²) in [6.07, 6.45) is 0. The molecule has 0 spiro atoms. The molecule has 4 nitrogen and oxygen atoms in total. The van der Waals surface area contributed by atoms with Gasteiger partial charge in [-0.25, -0.2) is 4.79 Å². The van der Waals surface area contributed by atoms with E-state index in [1.54, 1.807) is 0 Å². The number of H-pyrrole nitrogens is 1. The molecular weight excluding hydrogens is 264 g/mol. The van der Waals surface area contributed by atoms with Gasteiger partial charge < -0.3 is 0 Å². The van der Waals surface area contributed by atoms with Crippen LogP contribution in [0.1, 0.15) is 30.9 Å². The van der Waals surface area contributed by atoms with E-state index in [2.05, 4.69) is 18.8 Å². The smallest absolute Gasteiger partial charge is 0.298 e. The van der Waals surface area contributed by atoms with Crippen LogP contribution in [0.5, 0.6) is 0 Å². The molecule has 0 aliphatic carbocycles. The Kier molecular flexibility index (Phi) is 3.90. The molecule has 0 saturated heterocycles. The first-order chi connectivity index (χ1) is 8.97. The van der Waals surface area contributed by atoms with E-state index in [4.69, 9.17) is 11.6 Å². The topological polar surface area (TPSA) is 54.9 Å². The highest BCUT2D eigenvalue weighted by molar-refractivity contribution is 6.29. The summed E-state index contributed by atoms with van der Waals surface area (Å²) in [4.78, 5) is 25.8. The Morgan fingerprint density at radius 2 is 1.84 bits per heavy atom. The number of rotatable bonds is 3. The van der Waals surface area contributed by atoms with Gasteiger partial charge in [-0.1, -0.05) is 49.7 Å². The standard InChI is InChI=1S/C14H15ClN2O2/c1-9(2)11-5-3-10(4-6-11)8-17-13(18)7-12(15)16-14(17)19/h3-7,9H,8H2,1-2H3,(H,16,19). The van der Waals surface area contributed by atoms with E-state index in [1.165, 1.54) is 11.6 Å². The summed E-state index contributed by atoms with van der Waals surface area (Å²) >= 11 is 5.61. The van der Waals surface area contributed by atoms with Crippen molar-refractivity contribution in [1.82, 2.24) is 9.55 Å². The van der Waals surface area contributed by atoms with Crippen molar-refractivity contribution in [2.24, 2.45) is 0 Å². The average Bonchev–Trinajstić information content (AvgIpc) is 2.34. The van der Waals surface area contributed by atoms with Gasteiger partial charge in [0.15, 0.2) is 0 Å². The number of halogens is 1. The Morgan fingerprint density at radius 1 is 1.21 bits per heavy atom. The molecule has 0 unspecified atom stereocenters. The highest BCUT2D eigenvalue weighted by atomic mass is 35.5. The molecule has 0 aliphatic rings. The van der Waals surface area contributed by atoms with Gasteiger partial charge in [-0.2, -0.15) is 0 Å². The fraction of sp³-hybridized carbons (Fsp3) is 0.286.